The third kappa shape index (κ3) is 3.51. The fourth-order valence-electron chi connectivity index (χ4n) is 4.09. The zero-order valence-corrected chi connectivity index (χ0v) is 13.6. The number of carbonyl (C=O) groups is 1. The van der Waals surface area contributed by atoms with Gasteiger partial charge in [0.05, 0.1) is 0 Å². The van der Waals surface area contributed by atoms with E-state index in [0.29, 0.717) is 11.8 Å². The molecule has 3 aliphatic rings. The van der Waals surface area contributed by atoms with Gasteiger partial charge in [-0.05, 0) is 45.4 Å². The molecular formula is C16H29N3O2. The summed E-state index contributed by atoms with van der Waals surface area (Å²) < 4.78 is 5.50. The van der Waals surface area contributed by atoms with Crippen molar-refractivity contribution in [2.75, 3.05) is 39.3 Å². The van der Waals surface area contributed by atoms with Crippen molar-refractivity contribution in [2.24, 2.45) is 11.8 Å². The van der Waals surface area contributed by atoms with Crippen molar-refractivity contribution < 1.29 is 9.53 Å². The maximum Gasteiger partial charge on any atom is 0.410 e. The van der Waals surface area contributed by atoms with Crippen LogP contribution in [0.25, 0.3) is 0 Å². The molecule has 5 heteroatoms. The minimum absolute atomic E-state index is 0.129. The van der Waals surface area contributed by atoms with Gasteiger partial charge in [0.15, 0.2) is 0 Å². The van der Waals surface area contributed by atoms with Gasteiger partial charge in [-0.1, -0.05) is 0 Å². The minimum atomic E-state index is -0.391. The number of nitrogens with one attached hydrogen (secondary N) is 1. The van der Waals surface area contributed by atoms with Crippen molar-refractivity contribution in [1.29, 1.82) is 0 Å². The zero-order chi connectivity index (χ0) is 15.0. The Kier molecular flexibility index (Phi) is 4.14. The molecule has 0 bridgehead atoms. The molecule has 0 radical (unpaired) electrons. The Bertz CT molecular complexity index is 373. The molecular weight excluding hydrogens is 266 g/mol. The van der Waals surface area contributed by atoms with Gasteiger partial charge in [-0.25, -0.2) is 4.79 Å². The molecule has 2 aliphatic heterocycles. The quantitative estimate of drug-likeness (QED) is 0.797. The van der Waals surface area contributed by atoms with Gasteiger partial charge in [0.1, 0.15) is 5.60 Å². The van der Waals surface area contributed by atoms with E-state index >= 15 is 0 Å². The molecule has 3 rings (SSSR count). The van der Waals surface area contributed by atoms with Gasteiger partial charge in [-0.15, -0.1) is 0 Å². The molecule has 0 spiro atoms. The third-order valence-electron chi connectivity index (χ3n) is 5.05. The molecule has 2 atom stereocenters. The molecule has 2 saturated heterocycles. The summed E-state index contributed by atoms with van der Waals surface area (Å²) in [5.74, 6) is 1.36. The van der Waals surface area contributed by atoms with E-state index in [0.717, 1.165) is 32.2 Å². The first kappa shape index (κ1) is 15.1. The van der Waals surface area contributed by atoms with Gasteiger partial charge in [0.2, 0.25) is 0 Å². The number of carbonyl (C=O) groups excluding carboxylic acids is 1. The number of likely N-dealkylation sites (tertiary alicyclic amines) is 1. The lowest BCUT2D eigenvalue weighted by atomic mass is 10.0. The highest BCUT2D eigenvalue weighted by Crippen LogP contribution is 2.40. The topological polar surface area (TPSA) is 44.8 Å². The van der Waals surface area contributed by atoms with Crippen LogP contribution in [0.1, 0.15) is 33.6 Å². The summed E-state index contributed by atoms with van der Waals surface area (Å²) in [6, 6.07) is 0.739. The van der Waals surface area contributed by atoms with Crippen LogP contribution in [0.2, 0.25) is 0 Å². The van der Waals surface area contributed by atoms with Gasteiger partial charge >= 0.3 is 6.09 Å². The number of nitrogens with zero attached hydrogens (tertiary/aromatic N) is 2. The minimum Gasteiger partial charge on any atom is -0.444 e. The number of hydrogen-bond acceptors (Lipinski definition) is 4. The van der Waals surface area contributed by atoms with E-state index in [1.54, 1.807) is 0 Å². The summed E-state index contributed by atoms with van der Waals surface area (Å²) in [7, 11) is 0. The number of ether oxygens (including phenoxy) is 1. The second-order valence-electron chi connectivity index (χ2n) is 7.82. The van der Waals surface area contributed by atoms with E-state index in [-0.39, 0.29) is 6.09 Å². The number of hydrogen-bond donors (Lipinski definition) is 1. The van der Waals surface area contributed by atoms with Gasteiger partial charge in [0, 0.05) is 45.3 Å². The molecule has 21 heavy (non-hydrogen) atoms. The zero-order valence-electron chi connectivity index (χ0n) is 13.6. The number of amides is 1. The number of fused-ring (bicyclic) bond motifs is 1. The van der Waals surface area contributed by atoms with Crippen molar-refractivity contribution in [3.63, 3.8) is 0 Å². The van der Waals surface area contributed by atoms with E-state index in [4.69, 9.17) is 4.74 Å². The van der Waals surface area contributed by atoms with Gasteiger partial charge in [-0.2, -0.15) is 0 Å². The van der Waals surface area contributed by atoms with Crippen LogP contribution in [0, 0.1) is 11.8 Å². The highest BCUT2D eigenvalue weighted by atomic mass is 16.6. The average Bonchev–Trinajstić information content (AvgIpc) is 2.95. The maximum atomic E-state index is 12.2. The Balaban J connectivity index is 1.50. The van der Waals surface area contributed by atoms with Crippen molar-refractivity contribution in [1.82, 2.24) is 15.1 Å². The SMILES string of the molecule is CC(C)(C)OC(=O)N1CC2CC(N3CCNCC3)CC2C1. The van der Waals surface area contributed by atoms with Crippen LogP contribution >= 0.6 is 0 Å². The normalized spacial score (nSPS) is 34.0. The van der Waals surface area contributed by atoms with Crippen LogP contribution in [-0.2, 0) is 4.74 Å². The van der Waals surface area contributed by atoms with Crippen LogP contribution in [0.5, 0.6) is 0 Å². The van der Waals surface area contributed by atoms with E-state index in [2.05, 4.69) is 10.2 Å². The Morgan fingerprint density at radius 3 is 2.19 bits per heavy atom. The van der Waals surface area contributed by atoms with Gasteiger partial charge in [-0.3, -0.25) is 4.90 Å². The lowest BCUT2D eigenvalue weighted by molar-refractivity contribution is 0.0273. The highest BCUT2D eigenvalue weighted by molar-refractivity contribution is 5.68. The van der Waals surface area contributed by atoms with Crippen LogP contribution in [0.3, 0.4) is 0 Å². The first-order valence-corrected chi connectivity index (χ1v) is 8.35. The van der Waals surface area contributed by atoms with E-state index < -0.39 is 5.60 Å². The molecule has 0 aromatic rings. The maximum absolute atomic E-state index is 12.2. The van der Waals surface area contributed by atoms with Crippen molar-refractivity contribution in [3.05, 3.63) is 0 Å². The largest absolute Gasteiger partial charge is 0.444 e. The summed E-state index contributed by atoms with van der Waals surface area (Å²) >= 11 is 0. The summed E-state index contributed by atoms with van der Waals surface area (Å²) in [5.41, 5.74) is -0.391. The lowest BCUT2D eigenvalue weighted by Gasteiger charge is -2.33. The summed E-state index contributed by atoms with van der Waals surface area (Å²) in [6.45, 7) is 12.2. The Labute approximate surface area is 128 Å². The Morgan fingerprint density at radius 1 is 1.10 bits per heavy atom. The molecule has 5 nitrogen and oxygen atoms in total. The molecule has 1 N–H and O–H groups in total. The first-order valence-electron chi connectivity index (χ1n) is 8.35. The van der Waals surface area contributed by atoms with Gasteiger partial charge in [0.25, 0.3) is 0 Å². The molecule has 1 saturated carbocycles. The number of rotatable bonds is 1. The molecule has 3 fully saturated rings. The summed E-state index contributed by atoms with van der Waals surface area (Å²) in [5, 5.41) is 3.42. The molecule has 1 aliphatic carbocycles. The van der Waals surface area contributed by atoms with Crippen LogP contribution in [-0.4, -0.2) is 66.8 Å². The van der Waals surface area contributed by atoms with E-state index in [1.807, 2.05) is 25.7 Å². The second kappa shape index (κ2) is 5.76. The van der Waals surface area contributed by atoms with E-state index in [1.165, 1.54) is 25.9 Å². The molecule has 120 valence electrons. The predicted molar refractivity (Wildman–Crippen MR) is 82.3 cm³/mol. The average molecular weight is 295 g/mol. The summed E-state index contributed by atoms with van der Waals surface area (Å²) in [4.78, 5) is 16.7. The molecule has 2 heterocycles. The van der Waals surface area contributed by atoms with Crippen LogP contribution in [0.15, 0.2) is 0 Å². The highest BCUT2D eigenvalue weighted by Gasteiger charge is 2.44. The van der Waals surface area contributed by atoms with Crippen molar-refractivity contribution in [3.8, 4) is 0 Å². The Hall–Kier alpha value is -0.810. The van der Waals surface area contributed by atoms with Crippen LogP contribution in [0.4, 0.5) is 4.79 Å². The third-order valence-corrected chi connectivity index (χ3v) is 5.05. The molecule has 1 amide bonds. The monoisotopic (exact) mass is 295 g/mol. The molecule has 2 unspecified atom stereocenters. The predicted octanol–water partition coefficient (Wildman–Crippen LogP) is 1.54. The molecule has 0 aromatic heterocycles. The van der Waals surface area contributed by atoms with Gasteiger partial charge < -0.3 is 15.0 Å². The van der Waals surface area contributed by atoms with E-state index in [9.17, 15) is 4.79 Å². The lowest BCUT2D eigenvalue weighted by Crippen LogP contribution is -2.48. The fraction of sp³-hybridized carbons (Fsp3) is 0.938. The number of piperazine rings is 1. The van der Waals surface area contributed by atoms with Crippen LogP contribution < -0.4 is 5.32 Å². The molecule has 0 aromatic carbocycles. The smallest absolute Gasteiger partial charge is 0.410 e. The van der Waals surface area contributed by atoms with Crippen molar-refractivity contribution in [2.45, 2.75) is 45.3 Å². The first-order chi connectivity index (χ1) is 9.92. The standard InChI is InChI=1S/C16H29N3O2/c1-16(2,3)21-15(20)19-10-12-8-14(9-13(12)11-19)18-6-4-17-5-7-18/h12-14,17H,4-11H2,1-3H3. The summed E-state index contributed by atoms with van der Waals surface area (Å²) in [6.07, 6.45) is 2.38. The second-order valence-corrected chi connectivity index (χ2v) is 7.82. The fourth-order valence-corrected chi connectivity index (χ4v) is 4.09. The van der Waals surface area contributed by atoms with Crippen molar-refractivity contribution >= 4 is 6.09 Å². The Morgan fingerprint density at radius 2 is 1.67 bits per heavy atom.